The first-order chi connectivity index (χ1) is 9.40. The van der Waals surface area contributed by atoms with Gasteiger partial charge in [-0.15, -0.1) is 0 Å². The van der Waals surface area contributed by atoms with E-state index in [0.717, 1.165) is 12.1 Å². The van der Waals surface area contributed by atoms with Crippen LogP contribution in [0.4, 0.5) is 15.8 Å². The molecule has 0 bridgehead atoms. The van der Waals surface area contributed by atoms with E-state index >= 15 is 0 Å². The maximum atomic E-state index is 13.4. The molecular formula is C12H15FN2O5. The zero-order chi connectivity index (χ0) is 15.3. The van der Waals surface area contributed by atoms with Crippen LogP contribution in [-0.4, -0.2) is 29.7 Å². The summed E-state index contributed by atoms with van der Waals surface area (Å²) in [5.41, 5.74) is -0.448. The van der Waals surface area contributed by atoms with E-state index in [1.165, 1.54) is 7.11 Å². The molecule has 7 nitrogen and oxygen atoms in total. The number of carboxylic acid groups (broad SMARTS) is 1. The van der Waals surface area contributed by atoms with Crippen molar-refractivity contribution in [3.63, 3.8) is 0 Å². The van der Waals surface area contributed by atoms with Gasteiger partial charge in [-0.2, -0.15) is 0 Å². The predicted octanol–water partition coefficient (Wildman–Crippen LogP) is 2.27. The molecule has 1 rings (SSSR count). The standard InChI is InChI=1S/C12H15FN2O5/c1-3-7(12(16)17)6-14-9-5-11(20-2)8(13)4-10(9)15(18)19/h4-5,7,14H,3,6H2,1-2H3,(H,16,17). The van der Waals surface area contributed by atoms with Crippen LogP contribution in [0.1, 0.15) is 13.3 Å². The maximum absolute atomic E-state index is 13.4. The molecule has 0 saturated carbocycles. The van der Waals surface area contributed by atoms with Crippen LogP contribution in [0.2, 0.25) is 0 Å². The molecule has 0 heterocycles. The summed E-state index contributed by atoms with van der Waals surface area (Å²) in [7, 11) is 1.24. The molecule has 0 aliphatic heterocycles. The average molecular weight is 286 g/mol. The third-order valence-electron chi connectivity index (χ3n) is 2.85. The molecule has 0 saturated heterocycles. The van der Waals surface area contributed by atoms with E-state index in [-0.39, 0.29) is 18.0 Å². The third kappa shape index (κ3) is 3.56. The summed E-state index contributed by atoms with van der Waals surface area (Å²) in [6, 6.07) is 1.88. The Hall–Kier alpha value is -2.38. The van der Waals surface area contributed by atoms with Crippen LogP contribution in [0.25, 0.3) is 0 Å². The van der Waals surface area contributed by atoms with Crippen molar-refractivity contribution in [3.8, 4) is 5.75 Å². The second-order valence-corrected chi connectivity index (χ2v) is 4.09. The average Bonchev–Trinajstić information content (AvgIpc) is 2.39. The van der Waals surface area contributed by atoms with Gasteiger partial charge in [0.1, 0.15) is 5.69 Å². The lowest BCUT2D eigenvalue weighted by molar-refractivity contribution is -0.384. The SMILES string of the molecule is CCC(CNc1cc(OC)c(F)cc1[N+](=O)[O-])C(=O)O. The number of rotatable bonds is 7. The van der Waals surface area contributed by atoms with Gasteiger partial charge in [0.25, 0.3) is 5.69 Å². The van der Waals surface area contributed by atoms with Crippen LogP contribution >= 0.6 is 0 Å². The number of nitro groups is 1. The molecule has 1 aromatic rings. The highest BCUT2D eigenvalue weighted by Crippen LogP contribution is 2.31. The van der Waals surface area contributed by atoms with Crippen molar-refractivity contribution in [3.05, 3.63) is 28.1 Å². The van der Waals surface area contributed by atoms with Gasteiger partial charge < -0.3 is 15.2 Å². The normalized spacial score (nSPS) is 11.8. The molecule has 20 heavy (non-hydrogen) atoms. The maximum Gasteiger partial charge on any atom is 0.308 e. The summed E-state index contributed by atoms with van der Waals surface area (Å²) < 4.78 is 18.2. The Bertz CT molecular complexity index is 521. The van der Waals surface area contributed by atoms with E-state index in [1.54, 1.807) is 6.92 Å². The summed E-state index contributed by atoms with van der Waals surface area (Å²) in [4.78, 5) is 21.0. The molecule has 0 aliphatic rings. The number of methoxy groups -OCH3 is 1. The molecule has 1 atom stereocenters. The molecule has 8 heteroatoms. The monoisotopic (exact) mass is 286 g/mol. The first kappa shape index (κ1) is 15.7. The minimum absolute atomic E-state index is 0.00145. The molecule has 1 unspecified atom stereocenters. The topological polar surface area (TPSA) is 102 Å². The van der Waals surface area contributed by atoms with Gasteiger partial charge in [-0.1, -0.05) is 6.92 Å². The lowest BCUT2D eigenvalue weighted by atomic mass is 10.1. The van der Waals surface area contributed by atoms with Gasteiger partial charge in [-0.05, 0) is 6.42 Å². The Kier molecular flexibility index (Phi) is 5.24. The zero-order valence-corrected chi connectivity index (χ0v) is 11.1. The van der Waals surface area contributed by atoms with Crippen molar-refractivity contribution in [1.82, 2.24) is 0 Å². The number of hydrogen-bond acceptors (Lipinski definition) is 5. The minimum atomic E-state index is -1.00. The summed E-state index contributed by atoms with van der Waals surface area (Å²) in [6.45, 7) is 1.70. The van der Waals surface area contributed by atoms with Crippen LogP contribution in [0, 0.1) is 21.8 Å². The van der Waals surface area contributed by atoms with Crippen molar-refractivity contribution in [2.45, 2.75) is 13.3 Å². The Morgan fingerprint density at radius 1 is 1.60 bits per heavy atom. The number of aliphatic carboxylic acids is 1. The van der Waals surface area contributed by atoms with Gasteiger partial charge in [0, 0.05) is 12.6 Å². The largest absolute Gasteiger partial charge is 0.494 e. The molecule has 2 N–H and O–H groups in total. The summed E-state index contributed by atoms with van der Waals surface area (Å²) in [6.07, 6.45) is 0.370. The number of ether oxygens (including phenoxy) is 1. The summed E-state index contributed by atoms with van der Waals surface area (Å²) in [5, 5.41) is 22.4. The lowest BCUT2D eigenvalue weighted by Gasteiger charge is -2.13. The van der Waals surface area contributed by atoms with Crippen molar-refractivity contribution in [2.24, 2.45) is 5.92 Å². The number of nitrogens with zero attached hydrogens (tertiary/aromatic N) is 1. The number of nitrogens with one attached hydrogen (secondary N) is 1. The highest BCUT2D eigenvalue weighted by atomic mass is 19.1. The molecule has 110 valence electrons. The summed E-state index contributed by atoms with van der Waals surface area (Å²) in [5.74, 6) is -2.70. The molecule has 0 aromatic heterocycles. The van der Waals surface area contributed by atoms with Crippen LogP contribution in [0.5, 0.6) is 5.75 Å². The fourth-order valence-corrected chi connectivity index (χ4v) is 1.63. The van der Waals surface area contributed by atoms with Gasteiger partial charge >= 0.3 is 5.97 Å². The van der Waals surface area contributed by atoms with Crippen LogP contribution in [0.3, 0.4) is 0 Å². The fraction of sp³-hybridized carbons (Fsp3) is 0.417. The van der Waals surface area contributed by atoms with Gasteiger partial charge in [0.2, 0.25) is 0 Å². The Balaban J connectivity index is 3.03. The van der Waals surface area contributed by atoms with Crippen LogP contribution in [0.15, 0.2) is 12.1 Å². The molecule has 0 radical (unpaired) electrons. The van der Waals surface area contributed by atoms with Gasteiger partial charge in [0.15, 0.2) is 11.6 Å². The second-order valence-electron chi connectivity index (χ2n) is 4.09. The second kappa shape index (κ2) is 6.69. The predicted molar refractivity (Wildman–Crippen MR) is 69.5 cm³/mol. The first-order valence-electron chi connectivity index (χ1n) is 5.89. The van der Waals surface area contributed by atoms with E-state index in [2.05, 4.69) is 5.32 Å². The van der Waals surface area contributed by atoms with Gasteiger partial charge in [-0.25, -0.2) is 4.39 Å². The highest BCUT2D eigenvalue weighted by molar-refractivity contribution is 5.71. The van der Waals surface area contributed by atoms with E-state index in [0.29, 0.717) is 6.42 Å². The highest BCUT2D eigenvalue weighted by Gasteiger charge is 2.21. The first-order valence-corrected chi connectivity index (χ1v) is 5.89. The number of anilines is 1. The van der Waals surface area contributed by atoms with Crippen molar-refractivity contribution >= 4 is 17.3 Å². The number of carbonyl (C=O) groups is 1. The third-order valence-corrected chi connectivity index (χ3v) is 2.85. The van der Waals surface area contributed by atoms with E-state index < -0.39 is 28.3 Å². The van der Waals surface area contributed by atoms with E-state index in [1.807, 2.05) is 0 Å². The quantitative estimate of drug-likeness (QED) is 0.589. The molecule has 0 spiro atoms. The van der Waals surface area contributed by atoms with Crippen molar-refractivity contribution < 1.29 is 24.0 Å². The number of carboxylic acids is 1. The zero-order valence-electron chi connectivity index (χ0n) is 11.1. The molecule has 0 fully saturated rings. The van der Waals surface area contributed by atoms with Gasteiger partial charge in [0.05, 0.1) is 24.0 Å². The van der Waals surface area contributed by atoms with Crippen LogP contribution in [-0.2, 0) is 4.79 Å². The van der Waals surface area contributed by atoms with Crippen LogP contribution < -0.4 is 10.1 Å². The smallest absolute Gasteiger partial charge is 0.308 e. The minimum Gasteiger partial charge on any atom is -0.494 e. The Labute approximate surface area is 114 Å². The number of hydrogen-bond donors (Lipinski definition) is 2. The van der Waals surface area contributed by atoms with Crippen molar-refractivity contribution in [2.75, 3.05) is 19.0 Å². The summed E-state index contributed by atoms with van der Waals surface area (Å²) >= 11 is 0. The number of halogens is 1. The number of benzene rings is 1. The van der Waals surface area contributed by atoms with E-state index in [4.69, 9.17) is 9.84 Å². The molecule has 0 aliphatic carbocycles. The van der Waals surface area contributed by atoms with Crippen molar-refractivity contribution in [1.29, 1.82) is 0 Å². The number of nitro benzene ring substituents is 1. The molecule has 1 aromatic carbocycles. The fourth-order valence-electron chi connectivity index (χ4n) is 1.63. The molecule has 0 amide bonds. The molecular weight excluding hydrogens is 271 g/mol. The lowest BCUT2D eigenvalue weighted by Crippen LogP contribution is -2.22. The van der Waals surface area contributed by atoms with Gasteiger partial charge in [-0.3, -0.25) is 14.9 Å². The Morgan fingerprint density at radius 2 is 2.25 bits per heavy atom. The van der Waals surface area contributed by atoms with E-state index in [9.17, 15) is 19.3 Å². The Morgan fingerprint density at radius 3 is 2.70 bits per heavy atom.